The second-order valence-corrected chi connectivity index (χ2v) is 3.57. The van der Waals surface area contributed by atoms with Gasteiger partial charge in [-0.2, -0.15) is 0 Å². The standard InChI is InChI=1S/C10H8BrN/c11-10-3-1-2-7-6-8(12)4-5-9(7)10/h1-6H,12H2. The van der Waals surface area contributed by atoms with Crippen LogP contribution in [0.4, 0.5) is 5.69 Å². The van der Waals surface area contributed by atoms with Gasteiger partial charge in [-0.25, -0.2) is 0 Å². The maximum Gasteiger partial charge on any atom is 0.0320 e. The van der Waals surface area contributed by atoms with E-state index < -0.39 is 0 Å². The number of rotatable bonds is 0. The summed E-state index contributed by atoms with van der Waals surface area (Å²) >= 11 is 3.48. The van der Waals surface area contributed by atoms with Crippen molar-refractivity contribution in [2.45, 2.75) is 0 Å². The highest BCUT2D eigenvalue weighted by Crippen LogP contribution is 2.24. The van der Waals surface area contributed by atoms with Crippen molar-refractivity contribution in [2.24, 2.45) is 0 Å². The molecule has 0 atom stereocenters. The molecule has 0 bridgehead atoms. The monoisotopic (exact) mass is 221 g/mol. The lowest BCUT2D eigenvalue weighted by atomic mass is 10.1. The van der Waals surface area contributed by atoms with Crippen LogP contribution in [-0.2, 0) is 0 Å². The number of anilines is 1. The first kappa shape index (κ1) is 7.62. The molecule has 0 amide bonds. The smallest absolute Gasteiger partial charge is 0.0320 e. The van der Waals surface area contributed by atoms with Crippen molar-refractivity contribution in [1.29, 1.82) is 0 Å². The van der Waals surface area contributed by atoms with Crippen molar-refractivity contribution in [3.63, 3.8) is 0 Å². The molecule has 0 aliphatic rings. The highest BCUT2D eigenvalue weighted by atomic mass is 79.9. The van der Waals surface area contributed by atoms with E-state index in [0.717, 1.165) is 10.2 Å². The van der Waals surface area contributed by atoms with E-state index in [1.54, 1.807) is 0 Å². The largest absolute Gasteiger partial charge is 0.399 e. The van der Waals surface area contributed by atoms with Crippen LogP contribution in [0.25, 0.3) is 10.8 Å². The average Bonchev–Trinajstić information content (AvgIpc) is 2.04. The molecule has 0 spiro atoms. The van der Waals surface area contributed by atoms with Gasteiger partial charge in [0.2, 0.25) is 0 Å². The zero-order valence-electron chi connectivity index (χ0n) is 6.42. The lowest BCUT2D eigenvalue weighted by Crippen LogP contribution is -1.83. The van der Waals surface area contributed by atoms with Gasteiger partial charge >= 0.3 is 0 Å². The Balaban J connectivity index is 2.86. The van der Waals surface area contributed by atoms with Crippen LogP contribution in [0, 0.1) is 0 Å². The van der Waals surface area contributed by atoms with Crippen molar-refractivity contribution in [3.05, 3.63) is 40.9 Å². The van der Waals surface area contributed by atoms with Gasteiger partial charge in [0, 0.05) is 10.2 Å². The predicted molar refractivity (Wildman–Crippen MR) is 56.1 cm³/mol. The second-order valence-electron chi connectivity index (χ2n) is 2.72. The lowest BCUT2D eigenvalue weighted by Gasteiger charge is -2.00. The minimum atomic E-state index is 0.806. The van der Waals surface area contributed by atoms with E-state index in [0.29, 0.717) is 0 Å². The van der Waals surface area contributed by atoms with Crippen molar-refractivity contribution in [2.75, 3.05) is 5.73 Å². The summed E-state index contributed by atoms with van der Waals surface area (Å²) in [6.45, 7) is 0. The summed E-state index contributed by atoms with van der Waals surface area (Å²) in [7, 11) is 0. The number of benzene rings is 2. The zero-order chi connectivity index (χ0) is 8.55. The first-order chi connectivity index (χ1) is 5.77. The van der Waals surface area contributed by atoms with Crippen LogP contribution in [0.5, 0.6) is 0 Å². The Hall–Kier alpha value is -1.02. The van der Waals surface area contributed by atoms with Crippen LogP contribution in [0.3, 0.4) is 0 Å². The topological polar surface area (TPSA) is 26.0 Å². The predicted octanol–water partition coefficient (Wildman–Crippen LogP) is 3.18. The summed E-state index contributed by atoms with van der Waals surface area (Å²) in [6, 6.07) is 12.0. The molecule has 2 aromatic carbocycles. The van der Waals surface area contributed by atoms with E-state index in [-0.39, 0.29) is 0 Å². The van der Waals surface area contributed by atoms with Gasteiger partial charge < -0.3 is 5.73 Å². The third-order valence-electron chi connectivity index (χ3n) is 1.85. The van der Waals surface area contributed by atoms with Gasteiger partial charge in [0.1, 0.15) is 0 Å². The van der Waals surface area contributed by atoms with Gasteiger partial charge in [0.05, 0.1) is 0 Å². The molecular formula is C10H8BrN. The lowest BCUT2D eigenvalue weighted by molar-refractivity contribution is 1.69. The number of fused-ring (bicyclic) bond motifs is 1. The van der Waals surface area contributed by atoms with Crippen LogP contribution in [0.15, 0.2) is 40.9 Å². The molecule has 2 N–H and O–H groups in total. The first-order valence-electron chi connectivity index (χ1n) is 3.71. The van der Waals surface area contributed by atoms with Crippen LogP contribution in [0.2, 0.25) is 0 Å². The minimum absolute atomic E-state index is 0.806. The second kappa shape index (κ2) is 2.79. The first-order valence-corrected chi connectivity index (χ1v) is 4.50. The molecule has 0 aromatic heterocycles. The normalized spacial score (nSPS) is 10.4. The molecule has 0 saturated heterocycles. The van der Waals surface area contributed by atoms with Gasteiger partial charge in [-0.3, -0.25) is 0 Å². The van der Waals surface area contributed by atoms with Gasteiger partial charge in [0.15, 0.2) is 0 Å². The van der Waals surface area contributed by atoms with E-state index >= 15 is 0 Å². The summed E-state index contributed by atoms with van der Waals surface area (Å²) in [5.41, 5.74) is 6.46. The van der Waals surface area contributed by atoms with Gasteiger partial charge in [-0.15, -0.1) is 0 Å². The van der Waals surface area contributed by atoms with Crippen molar-refractivity contribution in [1.82, 2.24) is 0 Å². The Morgan fingerprint density at radius 1 is 1.08 bits per heavy atom. The fourth-order valence-corrected chi connectivity index (χ4v) is 1.78. The number of hydrogen-bond donors (Lipinski definition) is 1. The van der Waals surface area contributed by atoms with Gasteiger partial charge in [0.25, 0.3) is 0 Å². The molecule has 0 fully saturated rings. The maximum atomic E-state index is 5.66. The molecular weight excluding hydrogens is 214 g/mol. The van der Waals surface area contributed by atoms with E-state index in [2.05, 4.69) is 22.0 Å². The summed E-state index contributed by atoms with van der Waals surface area (Å²) in [6.07, 6.45) is 0. The SMILES string of the molecule is Nc1ccc2c(Br)cccc2c1. The molecule has 0 heterocycles. The summed E-state index contributed by atoms with van der Waals surface area (Å²) < 4.78 is 1.11. The van der Waals surface area contributed by atoms with Gasteiger partial charge in [-0.05, 0) is 29.0 Å². The Morgan fingerprint density at radius 2 is 1.92 bits per heavy atom. The summed E-state index contributed by atoms with van der Waals surface area (Å²) in [4.78, 5) is 0. The minimum Gasteiger partial charge on any atom is -0.399 e. The Bertz CT molecular complexity index is 423. The third-order valence-corrected chi connectivity index (χ3v) is 2.54. The third kappa shape index (κ3) is 1.18. The highest BCUT2D eigenvalue weighted by molar-refractivity contribution is 9.10. The van der Waals surface area contributed by atoms with Crippen LogP contribution >= 0.6 is 15.9 Å². The average molecular weight is 222 g/mol. The molecule has 0 unspecified atom stereocenters. The molecule has 2 rings (SSSR count). The molecule has 0 aliphatic heterocycles. The van der Waals surface area contributed by atoms with Crippen molar-refractivity contribution < 1.29 is 0 Å². The molecule has 0 radical (unpaired) electrons. The van der Waals surface area contributed by atoms with E-state index in [1.165, 1.54) is 10.8 Å². The number of nitrogens with two attached hydrogens (primary N) is 1. The molecule has 0 saturated carbocycles. The van der Waals surface area contributed by atoms with Crippen molar-refractivity contribution >= 4 is 32.4 Å². The number of nitrogen functional groups attached to an aromatic ring is 1. The Morgan fingerprint density at radius 3 is 2.75 bits per heavy atom. The number of halogens is 1. The van der Waals surface area contributed by atoms with Gasteiger partial charge in [-0.1, -0.05) is 34.1 Å². The van der Waals surface area contributed by atoms with E-state index in [1.807, 2.05) is 30.3 Å². The van der Waals surface area contributed by atoms with Crippen LogP contribution in [0.1, 0.15) is 0 Å². The Labute approximate surface area is 79.3 Å². The fraction of sp³-hybridized carbons (Fsp3) is 0. The summed E-state index contributed by atoms with van der Waals surface area (Å²) in [5, 5.41) is 2.37. The summed E-state index contributed by atoms with van der Waals surface area (Å²) in [5.74, 6) is 0. The van der Waals surface area contributed by atoms with Crippen LogP contribution in [-0.4, -0.2) is 0 Å². The Kier molecular flexibility index (Phi) is 1.77. The number of hydrogen-bond acceptors (Lipinski definition) is 1. The van der Waals surface area contributed by atoms with E-state index in [4.69, 9.17) is 5.73 Å². The quantitative estimate of drug-likeness (QED) is 0.680. The molecule has 1 nitrogen and oxygen atoms in total. The zero-order valence-corrected chi connectivity index (χ0v) is 8.01. The molecule has 12 heavy (non-hydrogen) atoms. The molecule has 60 valence electrons. The molecule has 2 heteroatoms. The van der Waals surface area contributed by atoms with E-state index in [9.17, 15) is 0 Å². The van der Waals surface area contributed by atoms with Crippen molar-refractivity contribution in [3.8, 4) is 0 Å². The maximum absolute atomic E-state index is 5.66. The molecule has 0 aliphatic carbocycles. The fourth-order valence-electron chi connectivity index (χ4n) is 1.26. The van der Waals surface area contributed by atoms with Crippen LogP contribution < -0.4 is 5.73 Å². The molecule has 2 aromatic rings. The highest BCUT2D eigenvalue weighted by Gasteiger charge is 1.96.